The molecule has 1 aromatic heterocycles. The first kappa shape index (κ1) is 18.1. The molecule has 0 bridgehead atoms. The number of pyridine rings is 1. The number of hydrogen-bond donors (Lipinski definition) is 2. The summed E-state index contributed by atoms with van der Waals surface area (Å²) in [4.78, 5) is 16.4. The zero-order valence-electron chi connectivity index (χ0n) is 13.9. The summed E-state index contributed by atoms with van der Waals surface area (Å²) in [5, 5.41) is 2.86. The predicted molar refractivity (Wildman–Crippen MR) is 92.0 cm³/mol. The molecule has 0 aliphatic heterocycles. The monoisotopic (exact) mass is 347 g/mol. The molecule has 1 unspecified atom stereocenters. The molecule has 0 radical (unpaired) electrons. The molecular weight excluding hydrogens is 326 g/mol. The van der Waals surface area contributed by atoms with Crippen molar-refractivity contribution in [1.29, 1.82) is 0 Å². The highest BCUT2D eigenvalue weighted by Crippen LogP contribution is 2.14. The molecule has 1 amide bonds. The third kappa shape index (κ3) is 4.62. The van der Waals surface area contributed by atoms with Crippen molar-refractivity contribution in [2.45, 2.75) is 37.8 Å². The largest absolute Gasteiger partial charge is 0.345 e. The Morgan fingerprint density at radius 2 is 1.75 bits per heavy atom. The van der Waals surface area contributed by atoms with Crippen molar-refractivity contribution in [1.82, 2.24) is 15.0 Å². The average Bonchev–Trinajstić information content (AvgIpc) is 2.54. The van der Waals surface area contributed by atoms with Gasteiger partial charge in [-0.1, -0.05) is 6.07 Å². The van der Waals surface area contributed by atoms with E-state index in [1.54, 1.807) is 32.3 Å². The molecule has 2 N–H and O–H groups in total. The van der Waals surface area contributed by atoms with Gasteiger partial charge in [0.15, 0.2) is 0 Å². The number of carbonyl (C=O) groups is 1. The molecule has 24 heavy (non-hydrogen) atoms. The molecule has 0 aliphatic rings. The van der Waals surface area contributed by atoms with Crippen molar-refractivity contribution in [2.24, 2.45) is 0 Å². The van der Waals surface area contributed by atoms with E-state index in [0.29, 0.717) is 5.56 Å². The van der Waals surface area contributed by atoms with E-state index in [2.05, 4.69) is 15.0 Å². The lowest BCUT2D eigenvalue weighted by Gasteiger charge is -2.14. The molecule has 0 fully saturated rings. The summed E-state index contributed by atoms with van der Waals surface area (Å²) in [6, 6.07) is 9.14. The van der Waals surface area contributed by atoms with Crippen LogP contribution in [0.4, 0.5) is 0 Å². The summed E-state index contributed by atoms with van der Waals surface area (Å²) >= 11 is 0. The van der Waals surface area contributed by atoms with Crippen LogP contribution in [0.15, 0.2) is 53.7 Å². The molecule has 7 heteroatoms. The summed E-state index contributed by atoms with van der Waals surface area (Å²) in [5.41, 5.74) is 1.29. The maximum absolute atomic E-state index is 12.3. The van der Waals surface area contributed by atoms with E-state index in [9.17, 15) is 13.2 Å². The van der Waals surface area contributed by atoms with E-state index in [1.165, 1.54) is 24.3 Å². The number of aromatic nitrogens is 1. The van der Waals surface area contributed by atoms with Gasteiger partial charge in [-0.2, -0.15) is 0 Å². The van der Waals surface area contributed by atoms with Gasteiger partial charge in [0.2, 0.25) is 10.0 Å². The first-order chi connectivity index (χ1) is 11.3. The standard InChI is InChI=1S/C17H21N3O3S/c1-12(2)20-24(22,23)16-8-6-14(7-9-16)17(21)19-13(3)15-5-4-10-18-11-15/h4-13,20H,1-3H3,(H,19,21). The third-order valence-corrected chi connectivity index (χ3v) is 5.02. The number of rotatable bonds is 6. The fraction of sp³-hybridized carbons (Fsp3) is 0.294. The highest BCUT2D eigenvalue weighted by Gasteiger charge is 2.17. The first-order valence-corrected chi connectivity index (χ1v) is 9.11. The Balaban J connectivity index is 2.09. The van der Waals surface area contributed by atoms with E-state index in [4.69, 9.17) is 0 Å². The van der Waals surface area contributed by atoms with Crippen molar-refractivity contribution in [2.75, 3.05) is 0 Å². The Morgan fingerprint density at radius 3 is 2.29 bits per heavy atom. The van der Waals surface area contributed by atoms with Crippen molar-refractivity contribution in [3.05, 3.63) is 59.9 Å². The number of nitrogens with one attached hydrogen (secondary N) is 2. The van der Waals surface area contributed by atoms with Crippen molar-refractivity contribution in [3.63, 3.8) is 0 Å². The minimum atomic E-state index is -3.56. The Kier molecular flexibility index (Phi) is 5.69. The zero-order valence-corrected chi connectivity index (χ0v) is 14.7. The normalized spacial score (nSPS) is 12.8. The number of benzene rings is 1. The fourth-order valence-electron chi connectivity index (χ4n) is 2.16. The van der Waals surface area contributed by atoms with Crippen molar-refractivity contribution >= 4 is 15.9 Å². The van der Waals surface area contributed by atoms with Gasteiger partial charge in [-0.3, -0.25) is 9.78 Å². The summed E-state index contributed by atoms with van der Waals surface area (Å²) in [6.07, 6.45) is 3.36. The predicted octanol–water partition coefficient (Wildman–Crippen LogP) is 2.26. The summed E-state index contributed by atoms with van der Waals surface area (Å²) in [7, 11) is -3.56. The van der Waals surface area contributed by atoms with Gasteiger partial charge >= 0.3 is 0 Å². The first-order valence-electron chi connectivity index (χ1n) is 7.63. The quantitative estimate of drug-likeness (QED) is 0.839. The summed E-state index contributed by atoms with van der Waals surface area (Å²) < 4.78 is 26.6. The number of nitrogens with zero attached hydrogens (tertiary/aromatic N) is 1. The topological polar surface area (TPSA) is 88.2 Å². The van der Waals surface area contributed by atoms with Gasteiger partial charge in [0.05, 0.1) is 10.9 Å². The van der Waals surface area contributed by atoms with Gasteiger partial charge in [-0.15, -0.1) is 0 Å². The highest BCUT2D eigenvalue weighted by molar-refractivity contribution is 7.89. The lowest BCUT2D eigenvalue weighted by Crippen LogP contribution is -2.30. The molecule has 1 heterocycles. The molecular formula is C17H21N3O3S. The molecule has 1 atom stereocenters. The smallest absolute Gasteiger partial charge is 0.251 e. The van der Waals surface area contributed by atoms with Crippen molar-refractivity contribution < 1.29 is 13.2 Å². The average molecular weight is 347 g/mol. The minimum absolute atomic E-state index is 0.132. The van der Waals surface area contributed by atoms with Gasteiger partial charge in [0.25, 0.3) is 5.91 Å². The zero-order chi connectivity index (χ0) is 17.7. The number of sulfonamides is 1. The molecule has 2 aromatic rings. The van der Waals surface area contributed by atoms with Crippen LogP contribution in [0.5, 0.6) is 0 Å². The molecule has 0 saturated carbocycles. The van der Waals surface area contributed by atoms with Crippen LogP contribution in [-0.4, -0.2) is 25.4 Å². The lowest BCUT2D eigenvalue weighted by molar-refractivity contribution is 0.0939. The second-order valence-electron chi connectivity index (χ2n) is 5.78. The fourth-order valence-corrected chi connectivity index (χ4v) is 3.41. The van der Waals surface area contributed by atoms with Gasteiger partial charge < -0.3 is 5.32 Å². The molecule has 0 aliphatic carbocycles. The SMILES string of the molecule is CC(C)NS(=O)(=O)c1ccc(C(=O)NC(C)c2cccnc2)cc1. The molecule has 6 nitrogen and oxygen atoms in total. The van der Waals surface area contributed by atoms with E-state index >= 15 is 0 Å². The van der Waals surface area contributed by atoms with Crippen LogP contribution in [0.2, 0.25) is 0 Å². The van der Waals surface area contributed by atoms with Crippen LogP contribution in [0, 0.1) is 0 Å². The minimum Gasteiger partial charge on any atom is -0.345 e. The van der Waals surface area contributed by atoms with Crippen LogP contribution in [-0.2, 0) is 10.0 Å². The molecule has 128 valence electrons. The Morgan fingerprint density at radius 1 is 1.08 bits per heavy atom. The Labute approximate surface area is 142 Å². The third-order valence-electron chi connectivity index (χ3n) is 3.35. The van der Waals surface area contributed by atoms with Crippen LogP contribution in [0.1, 0.15) is 42.7 Å². The van der Waals surface area contributed by atoms with Gasteiger partial charge in [-0.05, 0) is 56.7 Å². The summed E-state index contributed by atoms with van der Waals surface area (Å²) in [6.45, 7) is 5.36. The maximum atomic E-state index is 12.3. The Bertz CT molecular complexity index is 788. The second-order valence-corrected chi connectivity index (χ2v) is 7.50. The lowest BCUT2D eigenvalue weighted by atomic mass is 10.1. The summed E-state index contributed by atoms with van der Waals surface area (Å²) in [5.74, 6) is -0.271. The van der Waals surface area contributed by atoms with E-state index < -0.39 is 10.0 Å². The molecule has 0 saturated heterocycles. The van der Waals surface area contributed by atoms with Crippen LogP contribution in [0.3, 0.4) is 0 Å². The van der Waals surface area contributed by atoms with E-state index in [0.717, 1.165) is 5.56 Å². The number of amides is 1. The number of carbonyl (C=O) groups excluding carboxylic acids is 1. The van der Waals surface area contributed by atoms with E-state index in [-0.39, 0.29) is 22.9 Å². The van der Waals surface area contributed by atoms with Crippen LogP contribution < -0.4 is 10.0 Å². The van der Waals surface area contributed by atoms with Gasteiger partial charge in [0, 0.05) is 24.0 Å². The molecule has 2 rings (SSSR count). The second kappa shape index (κ2) is 7.55. The molecule has 1 aromatic carbocycles. The molecule has 0 spiro atoms. The highest BCUT2D eigenvalue weighted by atomic mass is 32.2. The van der Waals surface area contributed by atoms with Crippen molar-refractivity contribution in [3.8, 4) is 0 Å². The number of hydrogen-bond acceptors (Lipinski definition) is 4. The Hall–Kier alpha value is -2.25. The van der Waals surface area contributed by atoms with Crippen LogP contribution in [0.25, 0.3) is 0 Å². The van der Waals surface area contributed by atoms with Gasteiger partial charge in [-0.25, -0.2) is 13.1 Å². The maximum Gasteiger partial charge on any atom is 0.251 e. The van der Waals surface area contributed by atoms with E-state index in [1.807, 2.05) is 13.0 Å². The van der Waals surface area contributed by atoms with Gasteiger partial charge in [0.1, 0.15) is 0 Å². The van der Waals surface area contributed by atoms with Crippen LogP contribution >= 0.6 is 0 Å².